The van der Waals surface area contributed by atoms with Crippen LogP contribution in [0.2, 0.25) is 0 Å². The van der Waals surface area contributed by atoms with Gasteiger partial charge in [-0.3, -0.25) is 9.69 Å². The van der Waals surface area contributed by atoms with Gasteiger partial charge >= 0.3 is 24.2 Å². The van der Waals surface area contributed by atoms with Gasteiger partial charge < -0.3 is 33.9 Å². The number of ether oxygens (including phenoxy) is 5. The molecular formula is C46H67N5O12S3. The molecule has 1 N–H and O–H groups in total. The molecule has 66 heavy (non-hydrogen) atoms. The first-order valence-electron chi connectivity index (χ1n) is 21.0. The van der Waals surface area contributed by atoms with Crippen LogP contribution in [-0.2, 0) is 49.9 Å². The van der Waals surface area contributed by atoms with Crippen LogP contribution in [0, 0.1) is 20.8 Å². The normalized spacial score (nSPS) is 15.5. The van der Waals surface area contributed by atoms with Gasteiger partial charge in [0.1, 0.15) is 35.8 Å². The molecule has 3 atom stereocenters. The summed E-state index contributed by atoms with van der Waals surface area (Å²) in [6, 6.07) is 14.8. The van der Waals surface area contributed by atoms with E-state index in [0.717, 1.165) is 11.1 Å². The fourth-order valence-corrected chi connectivity index (χ4v) is 8.81. The number of anilines is 1. The van der Waals surface area contributed by atoms with Crippen molar-refractivity contribution in [3.05, 3.63) is 89.1 Å². The lowest BCUT2D eigenvalue weighted by molar-refractivity contribution is -0.159. The number of aromatic nitrogens is 1. The number of carbonyl (C=O) groups is 5. The monoisotopic (exact) mass is 977 g/mol. The van der Waals surface area contributed by atoms with Crippen molar-refractivity contribution in [1.82, 2.24) is 19.5 Å². The molecule has 1 aliphatic heterocycles. The van der Waals surface area contributed by atoms with E-state index >= 15 is 0 Å². The van der Waals surface area contributed by atoms with Gasteiger partial charge in [-0.25, -0.2) is 32.6 Å². The predicted octanol–water partition coefficient (Wildman–Crippen LogP) is 7.22. The van der Waals surface area contributed by atoms with Crippen LogP contribution in [0.5, 0.6) is 0 Å². The highest BCUT2D eigenvalue weighted by atomic mass is 32.2. The maximum atomic E-state index is 14.6. The molecule has 1 aliphatic rings. The molecule has 3 aromatic rings. The number of pyridine rings is 1. The van der Waals surface area contributed by atoms with Crippen molar-refractivity contribution < 1.29 is 56.1 Å². The number of esters is 1. The molecule has 2 aromatic carbocycles. The maximum absolute atomic E-state index is 14.6. The first-order chi connectivity index (χ1) is 29.6. The SMILES string of the molecule is Cc1cc(C)c(S(=O)(=O)N(C(=O)OC(C)(C)C)[C@@H](CNC(=O)CO[C@@H]2C[C@@H](CN(C(=O)OC(C)(C)C)c3ccccn3)N(C(=O)OCc3ccccc3)C2)C(=O)OC(C)(C)C)c(C)c1.S.S. The Morgan fingerprint density at radius 3 is 1.91 bits per heavy atom. The summed E-state index contributed by atoms with van der Waals surface area (Å²) in [5, 5.41) is 2.55. The van der Waals surface area contributed by atoms with Gasteiger partial charge in [-0.2, -0.15) is 31.3 Å². The Kier molecular flexibility index (Phi) is 20.4. The second kappa shape index (κ2) is 23.6. The van der Waals surface area contributed by atoms with Gasteiger partial charge in [0.2, 0.25) is 5.91 Å². The Morgan fingerprint density at radius 1 is 0.803 bits per heavy atom. The second-order valence-corrected chi connectivity index (χ2v) is 20.4. The highest BCUT2D eigenvalue weighted by molar-refractivity contribution is 7.89. The van der Waals surface area contributed by atoms with Crippen molar-refractivity contribution in [2.24, 2.45) is 0 Å². The van der Waals surface area contributed by atoms with E-state index in [4.69, 9.17) is 23.7 Å². The zero-order valence-electron chi connectivity index (χ0n) is 39.9. The Balaban J connectivity index is 0.00000748. The van der Waals surface area contributed by atoms with Crippen LogP contribution >= 0.6 is 27.0 Å². The minimum absolute atomic E-state index is 0. The Hall–Kier alpha value is -5.05. The van der Waals surface area contributed by atoms with Gasteiger partial charge in [-0.15, -0.1) is 0 Å². The van der Waals surface area contributed by atoms with Gasteiger partial charge in [-0.1, -0.05) is 54.1 Å². The topological polar surface area (TPSA) is 200 Å². The number of rotatable bonds is 14. The number of aryl methyl sites for hydroxylation is 3. The third-order valence-corrected chi connectivity index (χ3v) is 11.4. The van der Waals surface area contributed by atoms with Gasteiger partial charge in [0.25, 0.3) is 10.0 Å². The minimum Gasteiger partial charge on any atom is -0.458 e. The van der Waals surface area contributed by atoms with Crippen LogP contribution in [0.4, 0.5) is 20.2 Å². The van der Waals surface area contributed by atoms with E-state index in [2.05, 4.69) is 10.3 Å². The molecular weight excluding hydrogens is 911 g/mol. The molecule has 1 fully saturated rings. The molecule has 1 aromatic heterocycles. The van der Waals surface area contributed by atoms with Crippen LogP contribution in [0.15, 0.2) is 71.8 Å². The molecule has 20 heteroatoms. The number of nitrogens with zero attached hydrogens (tertiary/aromatic N) is 4. The van der Waals surface area contributed by atoms with E-state index in [1.54, 1.807) is 113 Å². The summed E-state index contributed by atoms with van der Waals surface area (Å²) in [4.78, 5) is 75.6. The van der Waals surface area contributed by atoms with Gasteiger partial charge in [-0.05, 0) is 118 Å². The first-order valence-corrected chi connectivity index (χ1v) is 22.4. The van der Waals surface area contributed by atoms with Gasteiger partial charge in [0, 0.05) is 6.20 Å². The number of likely N-dealkylation sites (tertiary alicyclic amines) is 1. The van der Waals surface area contributed by atoms with Crippen molar-refractivity contribution in [1.29, 1.82) is 0 Å². The van der Waals surface area contributed by atoms with Crippen LogP contribution < -0.4 is 10.2 Å². The number of nitrogens with one attached hydrogen (secondary N) is 1. The van der Waals surface area contributed by atoms with Crippen LogP contribution in [0.3, 0.4) is 0 Å². The van der Waals surface area contributed by atoms with Crippen molar-refractivity contribution in [2.45, 2.75) is 136 Å². The molecule has 1 saturated heterocycles. The zero-order chi connectivity index (χ0) is 47.8. The molecule has 0 saturated carbocycles. The molecule has 0 bridgehead atoms. The molecule has 2 heterocycles. The molecule has 0 unspecified atom stereocenters. The first kappa shape index (κ1) is 57.1. The predicted molar refractivity (Wildman–Crippen MR) is 259 cm³/mol. The Morgan fingerprint density at radius 2 is 1.36 bits per heavy atom. The zero-order valence-corrected chi connectivity index (χ0v) is 42.7. The molecule has 366 valence electrons. The van der Waals surface area contributed by atoms with E-state index in [1.807, 2.05) is 30.3 Å². The van der Waals surface area contributed by atoms with Crippen molar-refractivity contribution >= 4 is 73.0 Å². The van der Waals surface area contributed by atoms with E-state index in [9.17, 15) is 32.4 Å². The lowest BCUT2D eigenvalue weighted by atomic mass is 10.1. The number of carbonyl (C=O) groups excluding carboxylic acids is 5. The molecule has 17 nitrogen and oxygen atoms in total. The fourth-order valence-electron chi connectivity index (χ4n) is 6.95. The van der Waals surface area contributed by atoms with E-state index in [0.29, 0.717) is 15.4 Å². The highest BCUT2D eigenvalue weighted by Gasteiger charge is 2.46. The average molecular weight is 978 g/mol. The number of hydrogen-bond acceptors (Lipinski definition) is 13. The molecule has 0 spiro atoms. The third-order valence-electron chi connectivity index (χ3n) is 9.35. The van der Waals surface area contributed by atoms with E-state index in [1.165, 1.54) is 16.0 Å². The summed E-state index contributed by atoms with van der Waals surface area (Å²) in [7, 11) is -4.83. The van der Waals surface area contributed by atoms with Crippen molar-refractivity contribution in [2.75, 3.05) is 31.1 Å². The van der Waals surface area contributed by atoms with Crippen LogP contribution in [0.1, 0.15) is 91.0 Å². The summed E-state index contributed by atoms with van der Waals surface area (Å²) < 4.78 is 58.1. The average Bonchev–Trinajstić information content (AvgIpc) is 3.57. The second-order valence-electron chi connectivity index (χ2n) is 18.7. The molecule has 4 amide bonds. The van der Waals surface area contributed by atoms with Gasteiger partial charge in [0.15, 0.2) is 6.04 Å². The molecule has 4 rings (SSSR count). The number of benzene rings is 2. The summed E-state index contributed by atoms with van der Waals surface area (Å²) in [5.41, 5.74) is -0.954. The minimum atomic E-state index is -4.83. The highest BCUT2D eigenvalue weighted by Crippen LogP contribution is 2.30. The lowest BCUT2D eigenvalue weighted by Crippen LogP contribution is -2.56. The van der Waals surface area contributed by atoms with Crippen LogP contribution in [0.25, 0.3) is 0 Å². The summed E-state index contributed by atoms with van der Waals surface area (Å²) in [5.74, 6) is -1.60. The van der Waals surface area contributed by atoms with Gasteiger partial charge in [0.05, 0.1) is 36.7 Å². The fraction of sp³-hybridized carbons (Fsp3) is 0.522. The third kappa shape index (κ3) is 16.7. The van der Waals surface area contributed by atoms with E-state index < -0.39 is 88.3 Å². The summed E-state index contributed by atoms with van der Waals surface area (Å²) in [6.45, 7) is 18.1. The largest absolute Gasteiger partial charge is 0.458 e. The summed E-state index contributed by atoms with van der Waals surface area (Å²) in [6.07, 6.45) is -1.80. The number of amides is 4. The molecule has 0 aliphatic carbocycles. The van der Waals surface area contributed by atoms with Crippen molar-refractivity contribution in [3.63, 3.8) is 0 Å². The smallest absolute Gasteiger partial charge is 0.425 e. The van der Waals surface area contributed by atoms with Crippen LogP contribution in [-0.4, -0.2) is 114 Å². The van der Waals surface area contributed by atoms with E-state index in [-0.39, 0.29) is 63.8 Å². The number of sulfonamides is 1. The maximum Gasteiger partial charge on any atom is 0.425 e. The summed E-state index contributed by atoms with van der Waals surface area (Å²) >= 11 is 0. The van der Waals surface area contributed by atoms with Crippen molar-refractivity contribution in [3.8, 4) is 0 Å². The number of hydrogen-bond donors (Lipinski definition) is 1. The Labute approximate surface area is 403 Å². The Bertz CT molecular complexity index is 2220. The standard InChI is InChI=1S/C46H63N5O12S.2H2S/c1-30-22-31(2)39(32(3)23-30)64(57,58)51(43(56)63-46(10,11)12)36(40(53)61-44(4,5)6)25-48-38(52)29-59-35-24-34(49(27-35)41(54)60-28-33-18-14-13-15-19-33)26-50(37-20-16-17-21-47-37)42(55)62-45(7,8)9;;/h13-23,34-36H,24-29H2,1-12H3,(H,48,52);2*1H2/t34-,35+,36-;;/m0../s1. The lowest BCUT2D eigenvalue weighted by Gasteiger charge is -2.34. The quantitative estimate of drug-likeness (QED) is 0.126. The molecule has 0 radical (unpaired) electrons.